The number of hydrogen-bond donors (Lipinski definition) is 1. The topological polar surface area (TPSA) is 68.9 Å². The molecule has 0 fully saturated rings. The molecule has 32 heavy (non-hydrogen) atoms. The van der Waals surface area contributed by atoms with Crippen LogP contribution in [0.4, 0.5) is 0 Å². The second-order valence-corrected chi connectivity index (χ2v) is 9.58. The van der Waals surface area contributed by atoms with Crippen molar-refractivity contribution in [1.29, 1.82) is 5.41 Å². The molecule has 0 spiro atoms. The highest BCUT2D eigenvalue weighted by Crippen LogP contribution is 2.33. The standard InChI is InChI=1S/C25H16N4OS2/c26-23-21(24(30)27-25-29(23)28-22(32-25)13-17-8-5-11-31-17)14-20-18-9-3-1-6-15(18)12-16-7-2-4-10-19(16)20/h1-12,14,26H,13H2/b21-14+,26-23?. The first-order chi connectivity index (χ1) is 15.7. The third-order valence-corrected chi connectivity index (χ3v) is 7.29. The van der Waals surface area contributed by atoms with Crippen LogP contribution in [-0.2, 0) is 11.2 Å². The van der Waals surface area contributed by atoms with Crippen LogP contribution in [0, 0.1) is 5.41 Å². The maximum Gasteiger partial charge on any atom is 0.283 e. The number of thioether (sulfide) groups is 1. The Morgan fingerprint density at radius 3 is 2.38 bits per heavy atom. The molecule has 0 saturated carbocycles. The Morgan fingerprint density at radius 1 is 0.969 bits per heavy atom. The number of benzene rings is 3. The van der Waals surface area contributed by atoms with Crippen LogP contribution in [0.3, 0.4) is 0 Å². The average Bonchev–Trinajstić information content (AvgIpc) is 3.46. The SMILES string of the molecule is N=C1/C(=C\c2c3ccccc3cc3ccccc23)C(=O)N=C2SC(Cc3cccs3)=NN12. The van der Waals surface area contributed by atoms with E-state index in [-0.39, 0.29) is 11.4 Å². The zero-order valence-electron chi connectivity index (χ0n) is 16.8. The molecule has 0 unspecified atom stereocenters. The lowest BCUT2D eigenvalue weighted by Crippen LogP contribution is -2.35. The molecular weight excluding hydrogens is 436 g/mol. The fourth-order valence-corrected chi connectivity index (χ4v) is 5.72. The molecule has 3 aromatic carbocycles. The van der Waals surface area contributed by atoms with Gasteiger partial charge in [-0.1, -0.05) is 54.6 Å². The number of amidine groups is 2. The minimum absolute atomic E-state index is 0.0608. The molecule has 1 N–H and O–H groups in total. The molecule has 1 aromatic heterocycles. The van der Waals surface area contributed by atoms with Gasteiger partial charge in [-0.05, 0) is 62.5 Å². The minimum Gasteiger partial charge on any atom is -0.282 e. The second kappa shape index (κ2) is 7.55. The number of thiophene rings is 1. The van der Waals surface area contributed by atoms with Crippen LogP contribution >= 0.6 is 23.1 Å². The van der Waals surface area contributed by atoms with Crippen LogP contribution in [0.15, 0.2) is 87.8 Å². The predicted octanol–water partition coefficient (Wildman–Crippen LogP) is 5.92. The minimum atomic E-state index is -0.404. The van der Waals surface area contributed by atoms with Crippen LogP contribution in [0.25, 0.3) is 27.6 Å². The molecule has 5 nitrogen and oxygen atoms in total. The Labute approximate surface area is 192 Å². The zero-order valence-corrected chi connectivity index (χ0v) is 18.4. The molecule has 0 saturated heterocycles. The number of rotatable bonds is 3. The molecule has 6 rings (SSSR count). The van der Waals surface area contributed by atoms with E-state index in [9.17, 15) is 4.79 Å². The predicted molar refractivity (Wildman–Crippen MR) is 134 cm³/mol. The molecular formula is C25H16N4OS2. The fraction of sp³-hybridized carbons (Fsp3) is 0.0400. The van der Waals surface area contributed by atoms with Gasteiger partial charge < -0.3 is 0 Å². The maximum absolute atomic E-state index is 13.0. The molecule has 0 atom stereocenters. The number of aliphatic imine (C=N–C) groups is 1. The second-order valence-electron chi connectivity index (χ2n) is 7.50. The maximum atomic E-state index is 13.0. The molecule has 3 heterocycles. The van der Waals surface area contributed by atoms with Crippen molar-refractivity contribution in [2.45, 2.75) is 6.42 Å². The van der Waals surface area contributed by atoms with Crippen LogP contribution in [-0.4, -0.2) is 27.0 Å². The fourth-order valence-electron chi connectivity index (χ4n) is 4.01. The molecule has 0 radical (unpaired) electrons. The van der Waals surface area contributed by atoms with Crippen LogP contribution in [0.1, 0.15) is 10.4 Å². The van der Waals surface area contributed by atoms with Crippen LogP contribution in [0.5, 0.6) is 0 Å². The summed E-state index contributed by atoms with van der Waals surface area (Å²) in [5, 5.41) is 22.4. The van der Waals surface area contributed by atoms with Crippen molar-refractivity contribution in [3.63, 3.8) is 0 Å². The summed E-state index contributed by atoms with van der Waals surface area (Å²) in [6, 6.07) is 22.4. The van der Waals surface area contributed by atoms with Gasteiger partial charge in [-0.25, -0.2) is 0 Å². The summed E-state index contributed by atoms with van der Waals surface area (Å²) in [6.07, 6.45) is 2.47. The largest absolute Gasteiger partial charge is 0.283 e. The van der Waals surface area contributed by atoms with Gasteiger partial charge in [-0.15, -0.1) is 11.3 Å². The number of carbonyl (C=O) groups excluding carboxylic acids is 1. The van der Waals surface area contributed by atoms with Crippen molar-refractivity contribution in [3.05, 3.63) is 88.1 Å². The Hall–Kier alpha value is -3.55. The van der Waals surface area contributed by atoms with E-state index in [1.54, 1.807) is 17.4 Å². The van der Waals surface area contributed by atoms with E-state index in [0.717, 1.165) is 32.2 Å². The average molecular weight is 453 g/mol. The first kappa shape index (κ1) is 19.2. The highest BCUT2D eigenvalue weighted by molar-refractivity contribution is 8.27. The zero-order chi connectivity index (χ0) is 21.7. The normalized spacial score (nSPS) is 17.2. The van der Waals surface area contributed by atoms with Gasteiger partial charge in [-0.3, -0.25) is 10.2 Å². The van der Waals surface area contributed by atoms with Crippen molar-refractivity contribution < 1.29 is 4.79 Å². The van der Waals surface area contributed by atoms with Gasteiger partial charge in [-0.2, -0.15) is 15.1 Å². The first-order valence-electron chi connectivity index (χ1n) is 10.1. The van der Waals surface area contributed by atoms with Crippen molar-refractivity contribution in [2.75, 3.05) is 0 Å². The van der Waals surface area contributed by atoms with Gasteiger partial charge in [0.2, 0.25) is 5.17 Å². The van der Waals surface area contributed by atoms with E-state index in [1.807, 2.05) is 47.8 Å². The summed E-state index contributed by atoms with van der Waals surface area (Å²) in [5.74, 6) is -0.343. The lowest BCUT2D eigenvalue weighted by molar-refractivity contribution is -0.114. The van der Waals surface area contributed by atoms with Gasteiger partial charge in [0.25, 0.3) is 5.91 Å². The third-order valence-electron chi connectivity index (χ3n) is 5.50. The highest BCUT2D eigenvalue weighted by Gasteiger charge is 2.35. The Balaban J connectivity index is 1.46. The summed E-state index contributed by atoms with van der Waals surface area (Å²) in [4.78, 5) is 18.4. The van der Waals surface area contributed by atoms with E-state index in [4.69, 9.17) is 5.41 Å². The summed E-state index contributed by atoms with van der Waals surface area (Å²) in [6.45, 7) is 0. The number of hydrazone groups is 1. The van der Waals surface area contributed by atoms with Gasteiger partial charge in [0.05, 0.1) is 5.57 Å². The van der Waals surface area contributed by atoms with Crippen LogP contribution < -0.4 is 0 Å². The smallest absolute Gasteiger partial charge is 0.282 e. The van der Waals surface area contributed by atoms with E-state index in [1.165, 1.54) is 21.6 Å². The molecule has 2 aliphatic rings. The molecule has 7 heteroatoms. The van der Waals surface area contributed by atoms with Crippen molar-refractivity contribution >= 4 is 72.7 Å². The number of nitrogens with zero attached hydrogens (tertiary/aromatic N) is 3. The Morgan fingerprint density at radius 2 is 1.69 bits per heavy atom. The quantitative estimate of drug-likeness (QED) is 0.310. The number of fused-ring (bicyclic) bond motifs is 3. The highest BCUT2D eigenvalue weighted by atomic mass is 32.2. The molecule has 2 aliphatic heterocycles. The van der Waals surface area contributed by atoms with Gasteiger partial charge in [0.1, 0.15) is 5.04 Å². The monoisotopic (exact) mass is 452 g/mol. The van der Waals surface area contributed by atoms with E-state index >= 15 is 0 Å². The first-order valence-corrected chi connectivity index (χ1v) is 11.8. The molecule has 0 bridgehead atoms. The lowest BCUT2D eigenvalue weighted by atomic mass is 9.95. The number of hydrogen-bond acceptors (Lipinski definition) is 5. The summed E-state index contributed by atoms with van der Waals surface area (Å²) in [7, 11) is 0. The van der Waals surface area contributed by atoms with Crippen LogP contribution in [0.2, 0.25) is 0 Å². The van der Waals surface area contributed by atoms with E-state index in [2.05, 4.69) is 34.4 Å². The van der Waals surface area contributed by atoms with Gasteiger partial charge >= 0.3 is 0 Å². The number of nitrogens with one attached hydrogen (secondary N) is 1. The summed E-state index contributed by atoms with van der Waals surface area (Å²) in [5.41, 5.74) is 1.16. The number of carbonyl (C=O) groups is 1. The molecule has 154 valence electrons. The van der Waals surface area contributed by atoms with E-state index < -0.39 is 5.91 Å². The molecule has 0 aliphatic carbocycles. The van der Waals surface area contributed by atoms with Crippen molar-refractivity contribution in [3.8, 4) is 0 Å². The number of amides is 1. The summed E-state index contributed by atoms with van der Waals surface area (Å²) >= 11 is 3.02. The Bertz CT molecular complexity index is 1460. The van der Waals surface area contributed by atoms with Gasteiger partial charge in [0.15, 0.2) is 5.84 Å². The van der Waals surface area contributed by atoms with E-state index in [0.29, 0.717) is 11.6 Å². The molecule has 4 aromatic rings. The third kappa shape index (κ3) is 3.18. The molecule has 1 amide bonds. The van der Waals surface area contributed by atoms with Crippen molar-refractivity contribution in [1.82, 2.24) is 5.01 Å². The summed E-state index contributed by atoms with van der Waals surface area (Å²) < 4.78 is 0. The van der Waals surface area contributed by atoms with Crippen molar-refractivity contribution in [2.24, 2.45) is 10.1 Å². The van der Waals surface area contributed by atoms with Gasteiger partial charge in [0, 0.05) is 11.3 Å². The lowest BCUT2D eigenvalue weighted by Gasteiger charge is -2.20. The Kier molecular flexibility index (Phi) is 4.52.